The van der Waals surface area contributed by atoms with E-state index in [1.165, 1.54) is 32.2 Å². The number of amides is 1. The molecule has 0 aliphatic carbocycles. The van der Waals surface area contributed by atoms with E-state index < -0.39 is 5.97 Å². The number of carboxylic acids is 1. The molecule has 0 aromatic heterocycles. The summed E-state index contributed by atoms with van der Waals surface area (Å²) in [6.45, 7) is 0.261. The zero-order valence-corrected chi connectivity index (χ0v) is 15.2. The molecule has 0 unspecified atom stereocenters. The predicted octanol–water partition coefficient (Wildman–Crippen LogP) is 1.50. The van der Waals surface area contributed by atoms with Crippen molar-refractivity contribution in [1.82, 2.24) is 5.32 Å². The van der Waals surface area contributed by atoms with Gasteiger partial charge in [-0.15, -0.1) is 5.10 Å². The highest BCUT2D eigenvalue weighted by Gasteiger charge is 2.16. The molecule has 1 aromatic carbocycles. The number of rotatable bonds is 9. The molecule has 2 rings (SSSR count). The molecule has 1 saturated heterocycles. The Morgan fingerprint density at radius 2 is 2.04 bits per heavy atom. The molecule has 1 fully saturated rings. The Morgan fingerprint density at radius 1 is 1.35 bits per heavy atom. The second-order valence-electron chi connectivity index (χ2n) is 5.07. The largest absolute Gasteiger partial charge is 0.496 e. The van der Waals surface area contributed by atoms with E-state index in [-0.39, 0.29) is 18.9 Å². The van der Waals surface area contributed by atoms with E-state index >= 15 is 0 Å². The van der Waals surface area contributed by atoms with E-state index in [0.29, 0.717) is 40.2 Å². The molecule has 0 bridgehead atoms. The number of carbonyl (C=O) groups is 2. The molecule has 2 N–H and O–H groups in total. The van der Waals surface area contributed by atoms with Gasteiger partial charge in [0.05, 0.1) is 38.4 Å². The van der Waals surface area contributed by atoms with Crippen LogP contribution >= 0.6 is 11.8 Å². The number of hydrogen-bond donors (Lipinski definition) is 2. The number of benzene rings is 1. The van der Waals surface area contributed by atoms with Crippen LogP contribution < -0.4 is 19.5 Å². The van der Waals surface area contributed by atoms with E-state index in [1.54, 1.807) is 12.1 Å². The summed E-state index contributed by atoms with van der Waals surface area (Å²) in [5.74, 6) is 0.770. The van der Waals surface area contributed by atoms with Crippen molar-refractivity contribution >= 4 is 35.0 Å². The topological polar surface area (TPSA) is 119 Å². The lowest BCUT2D eigenvalue weighted by atomic mass is 10.2. The van der Waals surface area contributed by atoms with Gasteiger partial charge >= 0.3 is 5.97 Å². The van der Waals surface area contributed by atoms with Gasteiger partial charge in [0.2, 0.25) is 5.91 Å². The number of amidine groups is 1. The van der Waals surface area contributed by atoms with Gasteiger partial charge in [0, 0.05) is 18.6 Å². The summed E-state index contributed by atoms with van der Waals surface area (Å²) in [4.78, 5) is 21.6. The van der Waals surface area contributed by atoms with Crippen molar-refractivity contribution in [3.05, 3.63) is 17.7 Å². The van der Waals surface area contributed by atoms with Gasteiger partial charge < -0.3 is 24.6 Å². The molecule has 1 amide bonds. The third-order valence-electron chi connectivity index (χ3n) is 3.24. The number of thioether (sulfide) groups is 1. The molecule has 0 atom stereocenters. The minimum atomic E-state index is -0.867. The second-order valence-corrected chi connectivity index (χ2v) is 6.04. The first kappa shape index (κ1) is 19.6. The van der Waals surface area contributed by atoms with Crippen molar-refractivity contribution in [3.63, 3.8) is 0 Å². The van der Waals surface area contributed by atoms with Crippen LogP contribution in [0.5, 0.6) is 17.2 Å². The van der Waals surface area contributed by atoms with Crippen molar-refractivity contribution in [2.75, 3.05) is 26.6 Å². The second kappa shape index (κ2) is 9.66. The maximum atomic E-state index is 11.1. The highest BCUT2D eigenvalue weighted by Crippen LogP contribution is 2.33. The Hall–Kier alpha value is -2.75. The van der Waals surface area contributed by atoms with Crippen molar-refractivity contribution in [1.29, 1.82) is 0 Å². The molecule has 9 nitrogen and oxygen atoms in total. The van der Waals surface area contributed by atoms with Crippen molar-refractivity contribution in [2.45, 2.75) is 12.8 Å². The lowest BCUT2D eigenvalue weighted by Crippen LogP contribution is -2.19. The fraction of sp³-hybridized carbons (Fsp3) is 0.375. The number of carbonyl (C=O) groups excluding carboxylic acids is 1. The molecule has 0 radical (unpaired) electrons. The number of methoxy groups -OCH3 is 2. The number of nitrogens with zero attached hydrogens (tertiary/aromatic N) is 2. The molecule has 10 heteroatoms. The van der Waals surface area contributed by atoms with Gasteiger partial charge in [-0.05, 0) is 6.42 Å². The lowest BCUT2D eigenvalue weighted by Gasteiger charge is -2.13. The van der Waals surface area contributed by atoms with Gasteiger partial charge in [0.25, 0.3) is 0 Å². The molecular formula is C16H19N3O6S. The number of ether oxygens (including phenoxy) is 3. The van der Waals surface area contributed by atoms with Crippen molar-refractivity contribution in [3.8, 4) is 17.2 Å². The van der Waals surface area contributed by atoms with Gasteiger partial charge in [0.1, 0.15) is 17.2 Å². The molecule has 0 spiro atoms. The predicted molar refractivity (Wildman–Crippen MR) is 97.5 cm³/mol. The lowest BCUT2D eigenvalue weighted by molar-refractivity contribution is -0.137. The Kier molecular flexibility index (Phi) is 7.27. The van der Waals surface area contributed by atoms with Crippen LogP contribution in [-0.2, 0) is 9.59 Å². The average Bonchev–Trinajstić information content (AvgIpc) is 3.04. The zero-order chi connectivity index (χ0) is 18.9. The van der Waals surface area contributed by atoms with Gasteiger partial charge in [-0.2, -0.15) is 5.10 Å². The van der Waals surface area contributed by atoms with E-state index in [2.05, 4.69) is 15.5 Å². The first-order valence-electron chi connectivity index (χ1n) is 7.67. The van der Waals surface area contributed by atoms with Crippen LogP contribution in [0.25, 0.3) is 0 Å². The van der Waals surface area contributed by atoms with Crippen LogP contribution in [0.1, 0.15) is 18.4 Å². The van der Waals surface area contributed by atoms with Crippen molar-refractivity contribution in [2.24, 2.45) is 10.2 Å². The molecule has 140 valence electrons. The first-order chi connectivity index (χ1) is 12.5. The summed E-state index contributed by atoms with van der Waals surface area (Å²) in [6.07, 6.45) is 1.89. The first-order valence-corrected chi connectivity index (χ1v) is 8.66. The van der Waals surface area contributed by atoms with Crippen LogP contribution in [0.15, 0.2) is 22.3 Å². The summed E-state index contributed by atoms with van der Waals surface area (Å²) in [7, 11) is 3.00. The summed E-state index contributed by atoms with van der Waals surface area (Å²) in [5.41, 5.74) is 0.562. The van der Waals surface area contributed by atoms with E-state index in [9.17, 15) is 9.59 Å². The third kappa shape index (κ3) is 5.66. The number of aliphatic carboxylic acids is 1. The maximum absolute atomic E-state index is 11.1. The van der Waals surface area contributed by atoms with Crippen LogP contribution in [0.4, 0.5) is 0 Å². The Balaban J connectivity index is 2.12. The van der Waals surface area contributed by atoms with Gasteiger partial charge in [-0.25, -0.2) is 0 Å². The smallest absolute Gasteiger partial charge is 0.303 e. The summed E-state index contributed by atoms with van der Waals surface area (Å²) >= 11 is 1.27. The average molecular weight is 381 g/mol. The minimum absolute atomic E-state index is 0.0356. The normalized spacial score (nSPS) is 15.3. The van der Waals surface area contributed by atoms with E-state index in [0.717, 1.165) is 0 Å². The molecule has 0 saturated carbocycles. The Morgan fingerprint density at radius 3 is 2.58 bits per heavy atom. The monoisotopic (exact) mass is 381 g/mol. The molecule has 1 aromatic rings. The summed E-state index contributed by atoms with van der Waals surface area (Å²) in [6, 6.07) is 3.31. The van der Waals surface area contributed by atoms with Crippen LogP contribution in [0.2, 0.25) is 0 Å². The van der Waals surface area contributed by atoms with Crippen LogP contribution in [-0.4, -0.2) is 54.9 Å². The molecule has 26 heavy (non-hydrogen) atoms. The fourth-order valence-corrected chi connectivity index (χ4v) is 2.69. The SMILES string of the molecule is COc1cc(OCCCC(=O)O)cc(OC)c1C=NN=C1NC(=O)CS1. The fourth-order valence-electron chi connectivity index (χ4n) is 2.06. The molecule has 1 heterocycles. The third-order valence-corrected chi connectivity index (χ3v) is 4.11. The van der Waals surface area contributed by atoms with Crippen LogP contribution in [0.3, 0.4) is 0 Å². The van der Waals surface area contributed by atoms with Crippen molar-refractivity contribution < 1.29 is 28.9 Å². The molecular weight excluding hydrogens is 362 g/mol. The number of carboxylic acid groups (broad SMARTS) is 1. The highest BCUT2D eigenvalue weighted by molar-refractivity contribution is 8.15. The Labute approximate surface area is 154 Å². The highest BCUT2D eigenvalue weighted by atomic mass is 32.2. The van der Waals surface area contributed by atoms with Crippen LogP contribution in [0, 0.1) is 0 Å². The van der Waals surface area contributed by atoms with Gasteiger partial charge in [-0.3, -0.25) is 9.59 Å². The van der Waals surface area contributed by atoms with Gasteiger partial charge in [0.15, 0.2) is 5.17 Å². The quantitative estimate of drug-likeness (QED) is 0.378. The standard InChI is InChI=1S/C16H19N3O6S/c1-23-12-6-10(25-5-3-4-15(21)22)7-13(24-2)11(12)8-17-19-16-18-14(20)9-26-16/h6-8H,3-5,9H2,1-2H3,(H,21,22)(H,18,19,20). The van der Waals surface area contributed by atoms with Gasteiger partial charge in [-0.1, -0.05) is 11.8 Å². The number of nitrogens with one attached hydrogen (secondary N) is 1. The minimum Gasteiger partial charge on any atom is -0.496 e. The molecule has 1 aliphatic heterocycles. The number of hydrogen-bond acceptors (Lipinski definition) is 8. The van der Waals surface area contributed by atoms with E-state index in [1.807, 2.05) is 0 Å². The Bertz CT molecular complexity index is 710. The van der Waals surface area contributed by atoms with E-state index in [4.69, 9.17) is 19.3 Å². The maximum Gasteiger partial charge on any atom is 0.303 e. The zero-order valence-electron chi connectivity index (χ0n) is 14.4. The summed E-state index contributed by atoms with van der Waals surface area (Å²) < 4.78 is 16.2. The summed E-state index contributed by atoms with van der Waals surface area (Å²) in [5, 5.41) is 19.6. The molecule has 1 aliphatic rings.